The highest BCUT2D eigenvalue weighted by Crippen LogP contribution is 2.29. The van der Waals surface area contributed by atoms with Gasteiger partial charge >= 0.3 is 0 Å². The highest BCUT2D eigenvalue weighted by molar-refractivity contribution is 6.36. The van der Waals surface area contributed by atoms with Crippen LogP contribution in [0, 0.1) is 5.92 Å². The molecule has 1 unspecified atom stereocenters. The fourth-order valence-electron chi connectivity index (χ4n) is 2.79. The summed E-state index contributed by atoms with van der Waals surface area (Å²) in [5.74, 6) is 0.989. The monoisotopic (exact) mass is 241 g/mol. The first-order valence-corrected chi connectivity index (χ1v) is 8.68. The summed E-state index contributed by atoms with van der Waals surface area (Å²) >= 11 is 0. The predicted octanol–water partition coefficient (Wildman–Crippen LogP) is 3.63. The molecular weight excluding hydrogens is 210 g/mol. The zero-order valence-corrected chi connectivity index (χ0v) is 13.2. The highest BCUT2D eigenvalue weighted by atomic mass is 28.2. The summed E-state index contributed by atoms with van der Waals surface area (Å²) < 4.78 is 0. The van der Waals surface area contributed by atoms with Crippen molar-refractivity contribution < 1.29 is 0 Å². The van der Waals surface area contributed by atoms with Crippen molar-refractivity contribution in [3.8, 4) is 0 Å². The van der Waals surface area contributed by atoms with Gasteiger partial charge in [0, 0.05) is 6.04 Å². The summed E-state index contributed by atoms with van der Waals surface area (Å²) in [6.45, 7) is 9.48. The second-order valence-corrected chi connectivity index (χ2v) is 9.62. The van der Waals surface area contributed by atoms with Gasteiger partial charge in [0.2, 0.25) is 0 Å². The van der Waals surface area contributed by atoms with E-state index in [-0.39, 0.29) is 9.68 Å². The van der Waals surface area contributed by atoms with Crippen molar-refractivity contribution in [3.63, 3.8) is 0 Å². The van der Waals surface area contributed by atoms with E-state index in [9.17, 15) is 0 Å². The zero-order chi connectivity index (χ0) is 12.0. The van der Waals surface area contributed by atoms with Crippen LogP contribution in [0.3, 0.4) is 0 Å². The maximum atomic E-state index is 3.97. The molecule has 0 spiro atoms. The van der Waals surface area contributed by atoms with E-state index in [1.807, 2.05) is 0 Å². The molecule has 1 fully saturated rings. The van der Waals surface area contributed by atoms with Crippen LogP contribution in [0.15, 0.2) is 0 Å². The molecule has 0 bridgehead atoms. The van der Waals surface area contributed by atoms with Crippen LogP contribution in [-0.2, 0) is 0 Å². The number of nitrogens with one attached hydrogen (secondary N) is 1. The van der Waals surface area contributed by atoms with Crippen LogP contribution in [0.25, 0.3) is 0 Å². The minimum absolute atomic E-state index is 0.113. The Labute approximate surface area is 105 Å². The van der Waals surface area contributed by atoms with Gasteiger partial charge in [-0.1, -0.05) is 53.4 Å². The maximum Gasteiger partial charge on any atom is 0.0973 e. The normalized spacial score (nSPS) is 21.8. The summed E-state index contributed by atoms with van der Waals surface area (Å²) in [6.07, 6.45) is 10.1. The molecule has 0 heterocycles. The first-order valence-electron chi connectivity index (χ1n) is 7.26. The van der Waals surface area contributed by atoms with E-state index < -0.39 is 0 Å². The molecule has 0 aromatic rings. The van der Waals surface area contributed by atoms with Crippen molar-refractivity contribution >= 4 is 9.68 Å². The molecule has 1 rings (SSSR count). The van der Waals surface area contributed by atoms with Crippen LogP contribution < -0.4 is 4.98 Å². The lowest BCUT2D eigenvalue weighted by Gasteiger charge is -2.33. The van der Waals surface area contributed by atoms with Gasteiger partial charge in [0.05, 0.1) is 9.68 Å². The van der Waals surface area contributed by atoms with E-state index in [4.69, 9.17) is 0 Å². The van der Waals surface area contributed by atoms with Gasteiger partial charge in [-0.15, -0.1) is 0 Å². The fraction of sp³-hybridized carbons (Fsp3) is 1.00. The summed E-state index contributed by atoms with van der Waals surface area (Å²) in [5, 5.41) is 0.556. The fourth-order valence-corrected chi connectivity index (χ4v) is 4.20. The van der Waals surface area contributed by atoms with Crippen LogP contribution in [0.5, 0.6) is 0 Å². The van der Waals surface area contributed by atoms with Crippen LogP contribution in [0.4, 0.5) is 0 Å². The van der Waals surface area contributed by atoms with E-state index in [2.05, 4.69) is 32.7 Å². The average Bonchev–Trinajstić information content (AvgIpc) is 2.24. The molecule has 0 aromatic carbocycles. The first kappa shape index (κ1) is 14.2. The summed E-state index contributed by atoms with van der Waals surface area (Å²) in [7, 11) is -0.113. The third kappa shape index (κ3) is 5.49. The smallest absolute Gasteiger partial charge is 0.0973 e. The van der Waals surface area contributed by atoms with E-state index >= 15 is 0 Å². The average molecular weight is 241 g/mol. The second kappa shape index (κ2) is 6.80. The van der Waals surface area contributed by atoms with Gasteiger partial charge in [0.1, 0.15) is 0 Å². The van der Waals surface area contributed by atoms with E-state index in [1.165, 1.54) is 44.9 Å². The maximum absolute atomic E-state index is 3.97. The topological polar surface area (TPSA) is 12.0 Å². The quantitative estimate of drug-likeness (QED) is 0.725. The minimum Gasteiger partial charge on any atom is -0.339 e. The lowest BCUT2D eigenvalue weighted by atomic mass is 9.83. The molecule has 0 radical (unpaired) electrons. The van der Waals surface area contributed by atoms with Crippen LogP contribution >= 0.6 is 0 Å². The van der Waals surface area contributed by atoms with Crippen molar-refractivity contribution in [3.05, 3.63) is 0 Å². The molecule has 2 heteroatoms. The lowest BCUT2D eigenvalue weighted by molar-refractivity contribution is 0.279. The molecule has 16 heavy (non-hydrogen) atoms. The van der Waals surface area contributed by atoms with Gasteiger partial charge in [-0.2, -0.15) is 0 Å². The molecule has 1 aliphatic rings. The minimum atomic E-state index is -0.113. The lowest BCUT2D eigenvalue weighted by Crippen LogP contribution is -2.42. The Balaban J connectivity index is 2.39. The summed E-state index contributed by atoms with van der Waals surface area (Å²) in [6, 6.07) is 0.844. The van der Waals surface area contributed by atoms with Crippen LogP contribution in [0.1, 0.15) is 72.6 Å². The van der Waals surface area contributed by atoms with E-state index in [0.29, 0.717) is 5.04 Å². The van der Waals surface area contributed by atoms with Crippen molar-refractivity contribution in [2.24, 2.45) is 5.92 Å². The molecule has 0 amide bonds. The highest BCUT2D eigenvalue weighted by Gasteiger charge is 2.24. The van der Waals surface area contributed by atoms with Gasteiger partial charge < -0.3 is 4.98 Å². The molecule has 0 saturated heterocycles. The van der Waals surface area contributed by atoms with Gasteiger partial charge in [-0.25, -0.2) is 0 Å². The Morgan fingerprint density at radius 3 is 2.31 bits per heavy atom. The van der Waals surface area contributed by atoms with Crippen molar-refractivity contribution in [2.45, 2.75) is 83.7 Å². The molecule has 1 saturated carbocycles. The SMILES string of the molecule is CCCC(N[SiH2]C(C)(C)C)C1CCCCC1. The van der Waals surface area contributed by atoms with Gasteiger partial charge in [-0.05, 0) is 30.2 Å². The Morgan fingerprint density at radius 1 is 1.19 bits per heavy atom. The molecular formula is C14H31NSi. The van der Waals surface area contributed by atoms with Crippen LogP contribution in [-0.4, -0.2) is 15.7 Å². The van der Waals surface area contributed by atoms with Crippen molar-refractivity contribution in [1.29, 1.82) is 0 Å². The van der Waals surface area contributed by atoms with Crippen LogP contribution in [0.2, 0.25) is 5.04 Å². The Hall–Kier alpha value is 0.177. The van der Waals surface area contributed by atoms with Crippen molar-refractivity contribution in [2.75, 3.05) is 0 Å². The molecule has 1 nitrogen and oxygen atoms in total. The zero-order valence-electron chi connectivity index (χ0n) is 11.8. The number of rotatable bonds is 5. The van der Waals surface area contributed by atoms with E-state index in [1.54, 1.807) is 0 Å². The molecule has 1 atom stereocenters. The second-order valence-electron chi connectivity index (χ2n) is 6.73. The third-order valence-electron chi connectivity index (χ3n) is 3.71. The number of hydrogen-bond acceptors (Lipinski definition) is 1. The predicted molar refractivity (Wildman–Crippen MR) is 76.7 cm³/mol. The summed E-state index contributed by atoms with van der Waals surface area (Å²) in [4.78, 5) is 3.97. The van der Waals surface area contributed by atoms with Crippen molar-refractivity contribution in [1.82, 2.24) is 4.98 Å². The standard InChI is InChI=1S/C14H31NSi/c1-5-9-13(15-16-14(2,3)4)12-10-7-6-8-11-12/h12-13,15H,5-11,16H2,1-4H3. The van der Waals surface area contributed by atoms with E-state index in [0.717, 1.165) is 12.0 Å². The molecule has 0 aliphatic heterocycles. The molecule has 96 valence electrons. The Morgan fingerprint density at radius 2 is 1.81 bits per heavy atom. The Bertz CT molecular complexity index is 180. The largest absolute Gasteiger partial charge is 0.339 e. The Kier molecular flexibility index (Phi) is 6.05. The number of hydrogen-bond donors (Lipinski definition) is 1. The summed E-state index contributed by atoms with van der Waals surface area (Å²) in [5.41, 5.74) is 0. The molecule has 1 aliphatic carbocycles. The third-order valence-corrected chi connectivity index (χ3v) is 5.50. The molecule has 1 N–H and O–H groups in total. The van der Waals surface area contributed by atoms with Gasteiger partial charge in [-0.3, -0.25) is 0 Å². The van der Waals surface area contributed by atoms with Gasteiger partial charge in [0.15, 0.2) is 0 Å². The van der Waals surface area contributed by atoms with Gasteiger partial charge in [0.25, 0.3) is 0 Å². The first-order chi connectivity index (χ1) is 7.53. The molecule has 0 aromatic heterocycles.